The SMILES string of the molecule is CCN(C)S(=O)(=O)Nc1cccc(-c2nc(C)sc2-c2ccnc(Nc3ccc(N4CCN(CC5CCN(c6ccc([C@H]7CCC(=O)NC7=O)cc6)CC5)CC4)cn3)n2)c1F. The Bertz CT molecular complexity index is 2470. The lowest BCUT2D eigenvalue weighted by molar-refractivity contribution is -0.134. The minimum Gasteiger partial charge on any atom is -0.372 e. The number of rotatable bonds is 13. The number of piperidine rings is 2. The number of anilines is 5. The molecule has 3 fully saturated rings. The van der Waals surface area contributed by atoms with Crippen molar-refractivity contribution in [2.75, 3.05) is 79.2 Å². The van der Waals surface area contributed by atoms with Crippen LogP contribution in [0.5, 0.6) is 0 Å². The molecule has 0 saturated carbocycles. The maximum Gasteiger partial charge on any atom is 0.301 e. The van der Waals surface area contributed by atoms with E-state index in [1.807, 2.05) is 31.3 Å². The Morgan fingerprint density at radius 2 is 1.64 bits per heavy atom. The van der Waals surface area contributed by atoms with E-state index in [0.717, 1.165) is 74.2 Å². The second-order valence-electron chi connectivity index (χ2n) is 15.7. The zero-order valence-electron chi connectivity index (χ0n) is 34.5. The van der Waals surface area contributed by atoms with Gasteiger partial charge in [-0.25, -0.2) is 24.3 Å². The minimum absolute atomic E-state index is 0.153. The first-order chi connectivity index (χ1) is 29.4. The number of hydrogen-bond donors (Lipinski definition) is 3. The quantitative estimate of drug-likeness (QED) is 0.118. The molecule has 0 unspecified atom stereocenters. The van der Waals surface area contributed by atoms with E-state index in [1.54, 1.807) is 31.3 Å². The van der Waals surface area contributed by atoms with E-state index in [2.05, 4.69) is 63.2 Å². The molecule has 2 amide bonds. The minimum atomic E-state index is -3.93. The summed E-state index contributed by atoms with van der Waals surface area (Å²) in [7, 11) is -2.51. The first kappa shape index (κ1) is 42.1. The van der Waals surface area contributed by atoms with Gasteiger partial charge in [0.15, 0.2) is 5.82 Å². The molecule has 3 aliphatic rings. The number of thiazole rings is 1. The molecule has 3 aromatic heterocycles. The van der Waals surface area contributed by atoms with E-state index in [0.29, 0.717) is 51.8 Å². The van der Waals surface area contributed by atoms with Crippen molar-refractivity contribution in [2.45, 2.75) is 45.4 Å². The summed E-state index contributed by atoms with van der Waals surface area (Å²) in [6.45, 7) is 10.7. The standard InChI is InChI=1S/C43H50FN11O4S2/c1-4-52(3)61(58,59)51-35-7-5-6-34(39(35)44)40-41(60-28(2)47-40)36-16-19-45-43(48-36)49-37-14-12-32(26-46-37)55-24-22-53(23-25-55)27-29-17-20-54(21-18-29)31-10-8-30(9-11-31)33-13-15-38(56)50-42(33)57/h5-12,14,16,19,26,29,33,51H,4,13,15,17-18,20-25,27H2,1-3H3,(H,50,56,57)(H,45,46,48,49)/t33-/m1/s1. The zero-order valence-corrected chi connectivity index (χ0v) is 36.1. The van der Waals surface area contributed by atoms with Gasteiger partial charge in [0.1, 0.15) is 5.82 Å². The van der Waals surface area contributed by atoms with Crippen LogP contribution in [0, 0.1) is 18.7 Å². The molecule has 0 aliphatic carbocycles. The maximum absolute atomic E-state index is 15.9. The molecule has 0 bridgehead atoms. The number of carbonyl (C=O) groups excluding carboxylic acids is 2. The van der Waals surface area contributed by atoms with Crippen LogP contribution in [0.15, 0.2) is 73.1 Å². The van der Waals surface area contributed by atoms with Gasteiger partial charge in [-0.15, -0.1) is 11.3 Å². The fourth-order valence-electron chi connectivity index (χ4n) is 8.13. The summed E-state index contributed by atoms with van der Waals surface area (Å²) in [5.41, 5.74) is 4.08. The molecule has 5 aromatic rings. The highest BCUT2D eigenvalue weighted by Gasteiger charge is 2.29. The summed E-state index contributed by atoms with van der Waals surface area (Å²) >= 11 is 1.36. The number of nitrogens with one attached hydrogen (secondary N) is 3. The summed E-state index contributed by atoms with van der Waals surface area (Å²) in [5, 5.41) is 6.35. The number of nitrogens with zero attached hydrogens (tertiary/aromatic N) is 8. The van der Waals surface area contributed by atoms with Gasteiger partial charge < -0.3 is 15.1 Å². The van der Waals surface area contributed by atoms with Crippen molar-refractivity contribution < 1.29 is 22.4 Å². The van der Waals surface area contributed by atoms with Crippen LogP contribution in [-0.2, 0) is 19.8 Å². The third kappa shape index (κ3) is 9.67. The van der Waals surface area contributed by atoms with Crippen molar-refractivity contribution in [3.05, 3.63) is 89.4 Å². The lowest BCUT2D eigenvalue weighted by Crippen LogP contribution is -2.49. The van der Waals surface area contributed by atoms with E-state index >= 15 is 4.39 Å². The van der Waals surface area contributed by atoms with Crippen LogP contribution >= 0.6 is 11.3 Å². The summed E-state index contributed by atoms with van der Waals surface area (Å²) in [6, 6.07) is 18.5. The number of benzene rings is 2. The molecule has 18 heteroatoms. The van der Waals surface area contributed by atoms with Crippen LogP contribution in [0.1, 0.15) is 49.1 Å². The predicted octanol–water partition coefficient (Wildman–Crippen LogP) is 6.02. The van der Waals surface area contributed by atoms with Gasteiger partial charge in [-0.2, -0.15) is 12.7 Å². The highest BCUT2D eigenvalue weighted by molar-refractivity contribution is 7.90. The molecule has 3 N–H and O–H groups in total. The molecule has 15 nitrogen and oxygen atoms in total. The molecule has 2 aromatic carbocycles. The second kappa shape index (κ2) is 18.2. The number of aromatic nitrogens is 4. The van der Waals surface area contributed by atoms with Crippen LogP contribution in [-0.4, -0.2) is 109 Å². The molecular weight excluding hydrogens is 818 g/mol. The van der Waals surface area contributed by atoms with Gasteiger partial charge in [0, 0.05) is 83.3 Å². The van der Waals surface area contributed by atoms with E-state index in [9.17, 15) is 18.0 Å². The predicted molar refractivity (Wildman–Crippen MR) is 237 cm³/mol. The van der Waals surface area contributed by atoms with E-state index in [4.69, 9.17) is 4.98 Å². The molecule has 6 heterocycles. The third-order valence-corrected chi connectivity index (χ3v) is 14.3. The number of amides is 2. The molecule has 8 rings (SSSR count). The number of imide groups is 1. The molecule has 3 saturated heterocycles. The number of carbonyl (C=O) groups is 2. The molecular formula is C43H50FN11O4S2. The average molecular weight is 868 g/mol. The Morgan fingerprint density at radius 3 is 2.34 bits per heavy atom. The fraction of sp³-hybridized carbons (Fsp3) is 0.395. The Labute approximate surface area is 359 Å². The monoisotopic (exact) mass is 867 g/mol. The van der Waals surface area contributed by atoms with Crippen LogP contribution < -0.4 is 25.2 Å². The lowest BCUT2D eigenvalue weighted by Gasteiger charge is -2.40. The number of aryl methyl sites for hydroxylation is 1. The molecule has 1 atom stereocenters. The number of halogens is 1. The van der Waals surface area contributed by atoms with Crippen LogP contribution in [0.4, 0.5) is 33.2 Å². The Balaban J connectivity index is 0.828. The molecule has 3 aliphatic heterocycles. The summed E-state index contributed by atoms with van der Waals surface area (Å²) in [4.78, 5) is 50.2. The number of hydrogen-bond acceptors (Lipinski definition) is 13. The van der Waals surface area contributed by atoms with Crippen molar-refractivity contribution in [3.8, 4) is 21.8 Å². The normalized spacial score (nSPS) is 18.1. The smallest absolute Gasteiger partial charge is 0.301 e. The molecule has 0 radical (unpaired) electrons. The maximum atomic E-state index is 15.9. The highest BCUT2D eigenvalue weighted by atomic mass is 32.2. The average Bonchev–Trinajstić information content (AvgIpc) is 3.66. The largest absolute Gasteiger partial charge is 0.372 e. The summed E-state index contributed by atoms with van der Waals surface area (Å²) in [5.74, 6) is 0.183. The van der Waals surface area contributed by atoms with Crippen LogP contribution in [0.3, 0.4) is 0 Å². The Kier molecular flexibility index (Phi) is 12.6. The van der Waals surface area contributed by atoms with Crippen molar-refractivity contribution in [1.29, 1.82) is 0 Å². The van der Waals surface area contributed by atoms with Gasteiger partial charge in [-0.3, -0.25) is 24.5 Å². The van der Waals surface area contributed by atoms with Crippen LogP contribution in [0.2, 0.25) is 0 Å². The van der Waals surface area contributed by atoms with Gasteiger partial charge in [-0.05, 0) is 80.1 Å². The zero-order chi connectivity index (χ0) is 42.7. The van der Waals surface area contributed by atoms with E-state index < -0.39 is 16.0 Å². The van der Waals surface area contributed by atoms with Crippen LogP contribution in [0.25, 0.3) is 21.8 Å². The molecule has 320 valence electrons. The van der Waals surface area contributed by atoms with Crippen molar-refractivity contribution in [2.24, 2.45) is 5.92 Å². The first-order valence-electron chi connectivity index (χ1n) is 20.7. The fourth-order valence-corrected chi connectivity index (χ4v) is 9.96. The topological polar surface area (TPSA) is 169 Å². The first-order valence-corrected chi connectivity index (χ1v) is 22.9. The Hall–Kier alpha value is -5.56. The third-order valence-electron chi connectivity index (χ3n) is 11.7. The number of pyridine rings is 1. The highest BCUT2D eigenvalue weighted by Crippen LogP contribution is 2.39. The van der Waals surface area contributed by atoms with Gasteiger partial charge in [-0.1, -0.05) is 25.1 Å². The second-order valence-corrected chi connectivity index (χ2v) is 18.7. The van der Waals surface area contributed by atoms with Gasteiger partial charge in [0.05, 0.1) is 44.8 Å². The molecule has 61 heavy (non-hydrogen) atoms. The number of piperazine rings is 1. The van der Waals surface area contributed by atoms with Crippen molar-refractivity contribution in [1.82, 2.24) is 34.5 Å². The Morgan fingerprint density at radius 1 is 0.902 bits per heavy atom. The van der Waals surface area contributed by atoms with Gasteiger partial charge in [0.2, 0.25) is 17.8 Å². The van der Waals surface area contributed by atoms with E-state index in [-0.39, 0.29) is 35.5 Å². The summed E-state index contributed by atoms with van der Waals surface area (Å²) < 4.78 is 44.6. The van der Waals surface area contributed by atoms with Gasteiger partial charge in [0.25, 0.3) is 0 Å². The lowest BCUT2D eigenvalue weighted by atomic mass is 9.90. The van der Waals surface area contributed by atoms with Crippen molar-refractivity contribution >= 4 is 62.2 Å². The summed E-state index contributed by atoms with van der Waals surface area (Å²) in [6.07, 6.45) is 6.71. The molecule has 0 spiro atoms. The van der Waals surface area contributed by atoms with E-state index in [1.165, 1.54) is 30.1 Å². The van der Waals surface area contributed by atoms with Crippen molar-refractivity contribution in [3.63, 3.8) is 0 Å². The van der Waals surface area contributed by atoms with Gasteiger partial charge >= 0.3 is 10.2 Å².